The number of hydrogen-bond donors (Lipinski definition) is 1. The van der Waals surface area contributed by atoms with Crippen molar-refractivity contribution in [3.05, 3.63) is 22.2 Å². The van der Waals surface area contributed by atoms with E-state index in [9.17, 15) is 0 Å². The van der Waals surface area contributed by atoms with Gasteiger partial charge in [0.1, 0.15) is 0 Å². The van der Waals surface area contributed by atoms with Gasteiger partial charge in [-0.1, -0.05) is 35.2 Å². The van der Waals surface area contributed by atoms with Crippen LogP contribution in [0.1, 0.15) is 43.7 Å². The Kier molecular flexibility index (Phi) is 3.48. The van der Waals surface area contributed by atoms with Crippen LogP contribution in [0.2, 0.25) is 0 Å². The first kappa shape index (κ1) is 12.3. The van der Waals surface area contributed by atoms with Crippen LogP contribution in [0.3, 0.4) is 0 Å². The van der Waals surface area contributed by atoms with Gasteiger partial charge in [0.05, 0.1) is 0 Å². The summed E-state index contributed by atoms with van der Waals surface area (Å²) in [5.41, 5.74) is 7.58. The fraction of sp³-hybridized carbons (Fsp3) is 0.571. The molecule has 0 spiro atoms. The lowest BCUT2D eigenvalue weighted by Crippen LogP contribution is -2.23. The van der Waals surface area contributed by atoms with E-state index >= 15 is 0 Å². The summed E-state index contributed by atoms with van der Waals surface area (Å²) >= 11 is 3.60. The van der Waals surface area contributed by atoms with E-state index in [1.165, 1.54) is 32.1 Å². The van der Waals surface area contributed by atoms with Crippen LogP contribution < -0.4 is 15.2 Å². The van der Waals surface area contributed by atoms with E-state index < -0.39 is 0 Å². The molecule has 0 bridgehead atoms. The molecule has 3 nitrogen and oxygen atoms in total. The third kappa shape index (κ3) is 2.24. The molecule has 0 saturated heterocycles. The van der Waals surface area contributed by atoms with E-state index in [0.717, 1.165) is 21.5 Å². The van der Waals surface area contributed by atoms with Crippen LogP contribution in [0.15, 0.2) is 16.6 Å². The molecule has 98 valence electrons. The summed E-state index contributed by atoms with van der Waals surface area (Å²) < 4.78 is 11.8. The van der Waals surface area contributed by atoms with Crippen molar-refractivity contribution < 1.29 is 9.47 Å². The zero-order valence-electron chi connectivity index (χ0n) is 10.3. The number of halogens is 1. The Morgan fingerprint density at radius 1 is 1.11 bits per heavy atom. The zero-order valence-corrected chi connectivity index (χ0v) is 11.9. The molecule has 1 aliphatic carbocycles. The highest BCUT2D eigenvalue weighted by Crippen LogP contribution is 2.42. The Hall–Kier alpha value is -0.740. The molecule has 0 unspecified atom stereocenters. The third-order valence-electron chi connectivity index (χ3n) is 4.01. The summed E-state index contributed by atoms with van der Waals surface area (Å²) in [4.78, 5) is 0. The van der Waals surface area contributed by atoms with Crippen LogP contribution in [0.4, 0.5) is 0 Å². The van der Waals surface area contributed by atoms with Gasteiger partial charge in [-0.25, -0.2) is 0 Å². The average Bonchev–Trinajstić information content (AvgIpc) is 2.85. The Bertz CT molecular complexity index is 444. The van der Waals surface area contributed by atoms with Gasteiger partial charge in [-0.05, 0) is 36.5 Å². The standard InChI is InChI=1S/C14H18BrNO2/c15-11-7-13-12(17-8-18-13)6-10(11)14(16)9-4-2-1-3-5-9/h6-7,9,14H,1-5,8,16H2/t14-/m1/s1. The van der Waals surface area contributed by atoms with Gasteiger partial charge in [0.25, 0.3) is 0 Å². The van der Waals surface area contributed by atoms with Crippen molar-refractivity contribution in [1.29, 1.82) is 0 Å². The molecule has 1 aliphatic heterocycles. The van der Waals surface area contributed by atoms with Crippen LogP contribution in [0.5, 0.6) is 11.5 Å². The lowest BCUT2D eigenvalue weighted by Gasteiger charge is -2.28. The molecule has 1 fully saturated rings. The summed E-state index contributed by atoms with van der Waals surface area (Å²) in [6, 6.07) is 4.10. The average molecular weight is 312 g/mol. The smallest absolute Gasteiger partial charge is 0.231 e. The van der Waals surface area contributed by atoms with E-state index in [4.69, 9.17) is 15.2 Å². The maximum atomic E-state index is 6.44. The van der Waals surface area contributed by atoms with Gasteiger partial charge in [0.2, 0.25) is 6.79 Å². The largest absolute Gasteiger partial charge is 0.454 e. The maximum Gasteiger partial charge on any atom is 0.231 e. The topological polar surface area (TPSA) is 44.5 Å². The SMILES string of the molecule is N[C@@H](c1cc2c(cc1Br)OCO2)C1CCCCC1. The van der Waals surface area contributed by atoms with Gasteiger partial charge in [-0.2, -0.15) is 0 Å². The molecule has 1 heterocycles. The Balaban J connectivity index is 1.86. The molecule has 0 aromatic heterocycles. The summed E-state index contributed by atoms with van der Waals surface area (Å²) in [5.74, 6) is 2.22. The van der Waals surface area contributed by atoms with Gasteiger partial charge in [0, 0.05) is 10.5 Å². The second-order valence-electron chi connectivity index (χ2n) is 5.15. The fourth-order valence-corrected chi connectivity index (χ4v) is 3.52. The van der Waals surface area contributed by atoms with Crippen LogP contribution >= 0.6 is 15.9 Å². The first-order chi connectivity index (χ1) is 8.75. The lowest BCUT2D eigenvalue weighted by atomic mass is 9.81. The van der Waals surface area contributed by atoms with E-state index in [2.05, 4.69) is 15.9 Å². The Morgan fingerprint density at radius 3 is 2.50 bits per heavy atom. The predicted octanol–water partition coefficient (Wildman–Crippen LogP) is 3.76. The second kappa shape index (κ2) is 5.10. The van der Waals surface area contributed by atoms with E-state index in [0.29, 0.717) is 12.7 Å². The second-order valence-corrected chi connectivity index (χ2v) is 6.01. The van der Waals surface area contributed by atoms with Crippen molar-refractivity contribution in [2.75, 3.05) is 6.79 Å². The number of nitrogens with two attached hydrogens (primary N) is 1. The molecule has 1 aromatic rings. The quantitative estimate of drug-likeness (QED) is 0.904. The molecule has 1 saturated carbocycles. The molecule has 4 heteroatoms. The minimum Gasteiger partial charge on any atom is -0.454 e. The van der Waals surface area contributed by atoms with Gasteiger partial charge in [-0.3, -0.25) is 0 Å². The molecule has 3 rings (SSSR count). The molecule has 1 atom stereocenters. The van der Waals surface area contributed by atoms with E-state index in [-0.39, 0.29) is 6.04 Å². The Morgan fingerprint density at radius 2 is 1.78 bits per heavy atom. The van der Waals surface area contributed by atoms with E-state index in [1.807, 2.05) is 12.1 Å². The van der Waals surface area contributed by atoms with Crippen LogP contribution in [-0.2, 0) is 0 Å². The zero-order chi connectivity index (χ0) is 12.5. The minimum absolute atomic E-state index is 0.0918. The maximum absolute atomic E-state index is 6.44. The molecule has 18 heavy (non-hydrogen) atoms. The number of rotatable bonds is 2. The highest BCUT2D eigenvalue weighted by molar-refractivity contribution is 9.10. The third-order valence-corrected chi connectivity index (χ3v) is 4.70. The van der Waals surface area contributed by atoms with Crippen molar-refractivity contribution in [2.45, 2.75) is 38.1 Å². The monoisotopic (exact) mass is 311 g/mol. The van der Waals surface area contributed by atoms with Gasteiger partial charge in [-0.15, -0.1) is 0 Å². The van der Waals surface area contributed by atoms with E-state index in [1.54, 1.807) is 0 Å². The summed E-state index contributed by atoms with van der Waals surface area (Å²) in [5, 5.41) is 0. The summed E-state index contributed by atoms with van der Waals surface area (Å²) in [7, 11) is 0. The normalized spacial score (nSPS) is 21.0. The van der Waals surface area contributed by atoms with Crippen molar-refractivity contribution in [3.63, 3.8) is 0 Å². The predicted molar refractivity (Wildman–Crippen MR) is 73.8 cm³/mol. The minimum atomic E-state index is 0.0918. The Labute approximate surface area is 116 Å². The molecule has 2 aliphatic rings. The highest BCUT2D eigenvalue weighted by Gasteiger charge is 2.26. The van der Waals surface area contributed by atoms with Crippen molar-refractivity contribution in [2.24, 2.45) is 11.7 Å². The highest BCUT2D eigenvalue weighted by atomic mass is 79.9. The van der Waals surface area contributed by atoms with Crippen molar-refractivity contribution >= 4 is 15.9 Å². The van der Waals surface area contributed by atoms with Crippen LogP contribution in [0, 0.1) is 5.92 Å². The van der Waals surface area contributed by atoms with Gasteiger partial charge < -0.3 is 15.2 Å². The van der Waals surface area contributed by atoms with Crippen LogP contribution in [-0.4, -0.2) is 6.79 Å². The molecule has 2 N–H and O–H groups in total. The number of hydrogen-bond acceptors (Lipinski definition) is 3. The molecule has 1 aromatic carbocycles. The van der Waals surface area contributed by atoms with Crippen molar-refractivity contribution in [3.8, 4) is 11.5 Å². The lowest BCUT2D eigenvalue weighted by molar-refractivity contribution is 0.174. The number of benzene rings is 1. The first-order valence-electron chi connectivity index (χ1n) is 6.60. The first-order valence-corrected chi connectivity index (χ1v) is 7.39. The number of ether oxygens (including phenoxy) is 2. The molecule has 0 radical (unpaired) electrons. The van der Waals surface area contributed by atoms with Crippen molar-refractivity contribution in [1.82, 2.24) is 0 Å². The molecule has 0 amide bonds. The van der Waals surface area contributed by atoms with Gasteiger partial charge in [0.15, 0.2) is 11.5 Å². The number of fused-ring (bicyclic) bond motifs is 1. The molecular weight excluding hydrogens is 294 g/mol. The summed E-state index contributed by atoms with van der Waals surface area (Å²) in [6.45, 7) is 0.309. The summed E-state index contributed by atoms with van der Waals surface area (Å²) in [6.07, 6.45) is 6.44. The van der Waals surface area contributed by atoms with Crippen LogP contribution in [0.25, 0.3) is 0 Å². The molecular formula is C14H18BrNO2. The fourth-order valence-electron chi connectivity index (χ4n) is 2.94. The van der Waals surface area contributed by atoms with Gasteiger partial charge >= 0.3 is 0 Å².